The Labute approximate surface area is 86.6 Å². The number of nitrogens with zero attached hydrogens (tertiary/aromatic N) is 1. The predicted molar refractivity (Wildman–Crippen MR) is 51.0 cm³/mol. The molecule has 0 aliphatic rings. The van der Waals surface area contributed by atoms with E-state index in [-0.39, 0.29) is 0 Å². The maximum absolute atomic E-state index is 5.70. The van der Waals surface area contributed by atoms with E-state index in [0.29, 0.717) is 10.3 Å². The highest BCUT2D eigenvalue weighted by molar-refractivity contribution is 6.32. The largest absolute Gasteiger partial charge is 0.352 e. The molecular weight excluding hydrogens is 213 g/mol. The van der Waals surface area contributed by atoms with Gasteiger partial charge in [-0.25, -0.2) is 4.98 Å². The molecule has 0 N–H and O–H groups in total. The van der Waals surface area contributed by atoms with Gasteiger partial charge < -0.3 is 9.47 Å². The van der Waals surface area contributed by atoms with Crippen LogP contribution in [0.15, 0.2) is 12.1 Å². The van der Waals surface area contributed by atoms with Crippen molar-refractivity contribution in [1.29, 1.82) is 0 Å². The lowest BCUT2D eigenvalue weighted by atomic mass is 10.2. The zero-order valence-corrected chi connectivity index (χ0v) is 8.76. The van der Waals surface area contributed by atoms with Gasteiger partial charge in [0.2, 0.25) is 0 Å². The Balaban J connectivity index is 2.99. The van der Waals surface area contributed by atoms with E-state index >= 15 is 0 Å². The zero-order valence-electron chi connectivity index (χ0n) is 7.25. The van der Waals surface area contributed by atoms with E-state index in [2.05, 4.69) is 4.98 Å². The van der Waals surface area contributed by atoms with Crippen LogP contribution < -0.4 is 0 Å². The molecule has 0 aromatic carbocycles. The molecule has 1 heterocycles. The van der Waals surface area contributed by atoms with Gasteiger partial charge in [-0.3, -0.25) is 0 Å². The van der Waals surface area contributed by atoms with Crippen LogP contribution in [0, 0.1) is 0 Å². The molecule has 0 unspecified atom stereocenters. The summed E-state index contributed by atoms with van der Waals surface area (Å²) in [5.74, 6) is 0. The number of methoxy groups -OCH3 is 2. The standard InChI is InChI=1S/C8H9Cl2NO2/c1-12-8(13-2)5-3-6(9)11-7(10)4-5/h3-4,8H,1-2H3. The minimum atomic E-state index is -0.460. The number of hydrogen-bond acceptors (Lipinski definition) is 3. The number of hydrogen-bond donors (Lipinski definition) is 0. The zero-order chi connectivity index (χ0) is 9.84. The molecule has 0 fully saturated rings. The quantitative estimate of drug-likeness (QED) is 0.581. The van der Waals surface area contributed by atoms with Gasteiger partial charge in [0, 0.05) is 19.8 Å². The topological polar surface area (TPSA) is 31.4 Å². The van der Waals surface area contributed by atoms with Gasteiger partial charge in [0.25, 0.3) is 0 Å². The van der Waals surface area contributed by atoms with Gasteiger partial charge in [0.15, 0.2) is 6.29 Å². The summed E-state index contributed by atoms with van der Waals surface area (Å²) in [4.78, 5) is 3.81. The predicted octanol–water partition coefficient (Wildman–Crippen LogP) is 2.68. The van der Waals surface area contributed by atoms with Gasteiger partial charge >= 0.3 is 0 Å². The van der Waals surface area contributed by atoms with Crippen molar-refractivity contribution in [1.82, 2.24) is 4.98 Å². The summed E-state index contributed by atoms with van der Waals surface area (Å²) in [6.45, 7) is 0. The van der Waals surface area contributed by atoms with Crippen LogP contribution in [-0.4, -0.2) is 19.2 Å². The highest BCUT2D eigenvalue weighted by atomic mass is 35.5. The van der Waals surface area contributed by atoms with Crippen molar-refractivity contribution in [2.24, 2.45) is 0 Å². The molecule has 13 heavy (non-hydrogen) atoms. The van der Waals surface area contributed by atoms with E-state index in [1.807, 2.05) is 0 Å². The van der Waals surface area contributed by atoms with E-state index in [1.54, 1.807) is 12.1 Å². The molecule has 72 valence electrons. The molecule has 0 atom stereocenters. The van der Waals surface area contributed by atoms with Gasteiger partial charge in [-0.15, -0.1) is 0 Å². The van der Waals surface area contributed by atoms with E-state index in [1.165, 1.54) is 14.2 Å². The average Bonchev–Trinajstić information content (AvgIpc) is 2.04. The first-order chi connectivity index (χ1) is 6.17. The second kappa shape index (κ2) is 4.77. The molecule has 1 aromatic rings. The molecule has 0 amide bonds. The lowest BCUT2D eigenvalue weighted by Crippen LogP contribution is -2.03. The number of ether oxygens (including phenoxy) is 2. The van der Waals surface area contributed by atoms with Crippen molar-refractivity contribution < 1.29 is 9.47 Å². The Morgan fingerprint density at radius 1 is 1.15 bits per heavy atom. The van der Waals surface area contributed by atoms with Crippen molar-refractivity contribution in [3.8, 4) is 0 Å². The fourth-order valence-corrected chi connectivity index (χ4v) is 1.47. The SMILES string of the molecule is COC(OC)c1cc(Cl)nc(Cl)c1. The van der Waals surface area contributed by atoms with Crippen LogP contribution >= 0.6 is 23.2 Å². The summed E-state index contributed by atoms with van der Waals surface area (Å²) in [5, 5.41) is 0.642. The Morgan fingerprint density at radius 3 is 2.00 bits per heavy atom. The summed E-state index contributed by atoms with van der Waals surface area (Å²) < 4.78 is 10.1. The molecular formula is C8H9Cl2NO2. The number of aromatic nitrogens is 1. The Bertz CT molecular complexity index is 269. The molecule has 0 spiro atoms. The Morgan fingerprint density at radius 2 is 1.62 bits per heavy atom. The van der Waals surface area contributed by atoms with Crippen molar-refractivity contribution in [2.45, 2.75) is 6.29 Å². The van der Waals surface area contributed by atoms with E-state index < -0.39 is 6.29 Å². The smallest absolute Gasteiger partial charge is 0.183 e. The van der Waals surface area contributed by atoms with Gasteiger partial charge in [-0.05, 0) is 12.1 Å². The summed E-state index contributed by atoms with van der Waals surface area (Å²) >= 11 is 11.4. The van der Waals surface area contributed by atoms with Gasteiger partial charge in [-0.2, -0.15) is 0 Å². The summed E-state index contributed by atoms with van der Waals surface area (Å²) in [6.07, 6.45) is -0.460. The van der Waals surface area contributed by atoms with Crippen LogP contribution in [0.1, 0.15) is 11.9 Å². The minimum Gasteiger partial charge on any atom is -0.352 e. The summed E-state index contributed by atoms with van der Waals surface area (Å²) in [5.41, 5.74) is 0.745. The van der Waals surface area contributed by atoms with Crippen LogP contribution in [0.25, 0.3) is 0 Å². The lowest BCUT2D eigenvalue weighted by Gasteiger charge is -2.13. The van der Waals surface area contributed by atoms with Crippen LogP contribution in [0.2, 0.25) is 10.3 Å². The van der Waals surface area contributed by atoms with Crippen molar-refractivity contribution >= 4 is 23.2 Å². The van der Waals surface area contributed by atoms with Crippen LogP contribution in [-0.2, 0) is 9.47 Å². The van der Waals surface area contributed by atoms with E-state index in [9.17, 15) is 0 Å². The fraction of sp³-hybridized carbons (Fsp3) is 0.375. The van der Waals surface area contributed by atoms with E-state index in [4.69, 9.17) is 32.7 Å². The average molecular weight is 222 g/mol. The number of pyridine rings is 1. The van der Waals surface area contributed by atoms with Crippen LogP contribution in [0.5, 0.6) is 0 Å². The Hall–Kier alpha value is -0.350. The highest BCUT2D eigenvalue weighted by Crippen LogP contribution is 2.22. The lowest BCUT2D eigenvalue weighted by molar-refractivity contribution is -0.106. The first kappa shape index (κ1) is 10.7. The maximum Gasteiger partial charge on any atom is 0.183 e. The molecule has 0 saturated carbocycles. The van der Waals surface area contributed by atoms with Crippen molar-refractivity contribution in [3.63, 3.8) is 0 Å². The number of rotatable bonds is 3. The number of halogens is 2. The second-order valence-electron chi connectivity index (χ2n) is 2.35. The normalized spacial score (nSPS) is 10.8. The minimum absolute atomic E-state index is 0.321. The Kier molecular flexibility index (Phi) is 3.93. The first-order valence-electron chi connectivity index (χ1n) is 3.56. The van der Waals surface area contributed by atoms with E-state index in [0.717, 1.165) is 5.56 Å². The van der Waals surface area contributed by atoms with Crippen molar-refractivity contribution in [2.75, 3.05) is 14.2 Å². The fourth-order valence-electron chi connectivity index (χ4n) is 0.988. The van der Waals surface area contributed by atoms with Crippen molar-refractivity contribution in [3.05, 3.63) is 28.0 Å². The third kappa shape index (κ3) is 2.81. The van der Waals surface area contributed by atoms with Gasteiger partial charge in [-0.1, -0.05) is 23.2 Å². The molecule has 0 saturated heterocycles. The monoisotopic (exact) mass is 221 g/mol. The highest BCUT2D eigenvalue weighted by Gasteiger charge is 2.10. The molecule has 0 aliphatic carbocycles. The molecule has 0 aliphatic heterocycles. The third-order valence-electron chi connectivity index (χ3n) is 1.49. The van der Waals surface area contributed by atoms with Gasteiger partial charge in [0.05, 0.1) is 0 Å². The molecule has 0 bridgehead atoms. The third-order valence-corrected chi connectivity index (χ3v) is 1.87. The molecule has 5 heteroatoms. The molecule has 1 aromatic heterocycles. The molecule has 3 nitrogen and oxygen atoms in total. The molecule has 1 rings (SSSR count). The second-order valence-corrected chi connectivity index (χ2v) is 3.12. The van der Waals surface area contributed by atoms with Crippen LogP contribution in [0.3, 0.4) is 0 Å². The first-order valence-corrected chi connectivity index (χ1v) is 4.31. The maximum atomic E-state index is 5.70. The molecule has 0 radical (unpaired) electrons. The van der Waals surface area contributed by atoms with Crippen LogP contribution in [0.4, 0.5) is 0 Å². The van der Waals surface area contributed by atoms with Gasteiger partial charge in [0.1, 0.15) is 10.3 Å². The summed E-state index contributed by atoms with van der Waals surface area (Å²) in [7, 11) is 3.08. The summed E-state index contributed by atoms with van der Waals surface area (Å²) in [6, 6.07) is 3.29.